The van der Waals surface area contributed by atoms with Crippen LogP contribution in [0.5, 0.6) is 0 Å². The molecule has 1 unspecified atom stereocenters. The molecule has 0 radical (unpaired) electrons. The van der Waals surface area contributed by atoms with E-state index in [9.17, 15) is 8.78 Å². The molecule has 0 amide bonds. The average molecular weight is 410 g/mol. The molecule has 1 aliphatic heterocycles. The van der Waals surface area contributed by atoms with E-state index in [0.717, 1.165) is 44.9 Å². The van der Waals surface area contributed by atoms with Gasteiger partial charge in [-0.15, -0.1) is 0 Å². The Morgan fingerprint density at radius 3 is 2.55 bits per heavy atom. The van der Waals surface area contributed by atoms with Crippen molar-refractivity contribution < 1.29 is 8.78 Å². The number of hydrogen-bond donors (Lipinski definition) is 2. The number of likely N-dealkylation sites (tertiary alicyclic amines) is 1. The van der Waals surface area contributed by atoms with Gasteiger partial charge < -0.3 is 10.6 Å². The van der Waals surface area contributed by atoms with Gasteiger partial charge in [-0.3, -0.25) is 14.8 Å². The van der Waals surface area contributed by atoms with Crippen molar-refractivity contribution in [2.75, 3.05) is 39.8 Å². The summed E-state index contributed by atoms with van der Waals surface area (Å²) < 4.78 is 25.0. The number of rotatable bonds is 10. The molecule has 0 bridgehead atoms. The molecule has 1 atom stereocenters. The van der Waals surface area contributed by atoms with Crippen LogP contribution in [0.4, 0.5) is 8.78 Å². The second-order valence-corrected chi connectivity index (χ2v) is 7.91. The van der Waals surface area contributed by atoms with Crippen LogP contribution >= 0.6 is 0 Å². The van der Waals surface area contributed by atoms with Gasteiger partial charge >= 0.3 is 0 Å². The zero-order valence-corrected chi connectivity index (χ0v) is 18.1. The summed E-state index contributed by atoms with van der Waals surface area (Å²) in [6, 6.07) is 11.2. The normalized spacial score (nSPS) is 17.7. The molecule has 1 aromatic carbocycles. The number of piperidine rings is 1. The van der Waals surface area contributed by atoms with Crippen molar-refractivity contribution in [1.29, 1.82) is 0 Å². The monoisotopic (exact) mass is 409 g/mol. The first-order valence-corrected chi connectivity index (χ1v) is 10.8. The van der Waals surface area contributed by atoms with Gasteiger partial charge in [-0.25, -0.2) is 8.78 Å². The highest BCUT2D eigenvalue weighted by atomic mass is 19.3. The van der Waals surface area contributed by atoms with E-state index in [1.165, 1.54) is 5.56 Å². The molecule has 0 saturated carbocycles. The van der Waals surface area contributed by atoms with E-state index in [2.05, 4.69) is 60.7 Å². The molecule has 5 nitrogen and oxygen atoms in total. The lowest BCUT2D eigenvalue weighted by Crippen LogP contribution is -2.49. The van der Waals surface area contributed by atoms with Gasteiger partial charge in [-0.2, -0.15) is 0 Å². The largest absolute Gasteiger partial charge is 0.357 e. The highest BCUT2D eigenvalue weighted by Crippen LogP contribution is 2.12. The molecule has 0 aromatic heterocycles. The zero-order chi connectivity index (χ0) is 21.1. The third kappa shape index (κ3) is 9.09. The van der Waals surface area contributed by atoms with Crippen LogP contribution in [0.15, 0.2) is 35.3 Å². The van der Waals surface area contributed by atoms with Crippen molar-refractivity contribution in [2.45, 2.75) is 58.2 Å². The summed E-state index contributed by atoms with van der Waals surface area (Å²) in [5.74, 6) is 0.831. The number of guanidine groups is 1. The lowest BCUT2D eigenvalue weighted by molar-refractivity contribution is 0.0744. The van der Waals surface area contributed by atoms with Crippen molar-refractivity contribution in [3.63, 3.8) is 0 Å². The molecule has 0 spiro atoms. The number of nitrogens with zero attached hydrogens (tertiary/aromatic N) is 3. The fourth-order valence-corrected chi connectivity index (χ4v) is 3.58. The van der Waals surface area contributed by atoms with Crippen LogP contribution in [0.25, 0.3) is 0 Å². The van der Waals surface area contributed by atoms with Crippen LogP contribution in [0.2, 0.25) is 0 Å². The van der Waals surface area contributed by atoms with Gasteiger partial charge in [0, 0.05) is 44.8 Å². The van der Waals surface area contributed by atoms with Crippen LogP contribution in [0, 0.1) is 0 Å². The van der Waals surface area contributed by atoms with Gasteiger partial charge in [0.15, 0.2) is 5.96 Å². The SMILES string of the molecule is CCNC(=NCCC(C)N(C)Cc1ccccc1)NC1CCN(CC(F)F)CC1. The molecule has 1 fully saturated rings. The third-order valence-electron chi connectivity index (χ3n) is 5.51. The lowest BCUT2D eigenvalue weighted by Gasteiger charge is -2.32. The number of aliphatic imine (C=N–C) groups is 1. The van der Waals surface area contributed by atoms with Crippen molar-refractivity contribution in [3.05, 3.63) is 35.9 Å². The summed E-state index contributed by atoms with van der Waals surface area (Å²) in [5.41, 5.74) is 1.32. The molecule has 1 aliphatic rings. The Labute approximate surface area is 174 Å². The van der Waals surface area contributed by atoms with E-state index >= 15 is 0 Å². The molecule has 29 heavy (non-hydrogen) atoms. The molecule has 1 aromatic rings. The maximum atomic E-state index is 12.5. The number of benzene rings is 1. The summed E-state index contributed by atoms with van der Waals surface area (Å²) in [6.07, 6.45) is 0.466. The molecule has 1 heterocycles. The van der Waals surface area contributed by atoms with Crippen LogP contribution in [-0.2, 0) is 6.54 Å². The molecular weight excluding hydrogens is 372 g/mol. The highest BCUT2D eigenvalue weighted by molar-refractivity contribution is 5.80. The molecule has 2 rings (SSSR count). The van der Waals surface area contributed by atoms with Gasteiger partial charge in [0.2, 0.25) is 0 Å². The van der Waals surface area contributed by atoms with E-state index in [4.69, 9.17) is 4.99 Å². The summed E-state index contributed by atoms with van der Waals surface area (Å²) in [4.78, 5) is 8.93. The Hall–Kier alpha value is -1.73. The van der Waals surface area contributed by atoms with Crippen LogP contribution in [-0.4, -0.2) is 74.0 Å². The fourth-order valence-electron chi connectivity index (χ4n) is 3.58. The number of nitrogens with one attached hydrogen (secondary N) is 2. The molecule has 7 heteroatoms. The smallest absolute Gasteiger partial charge is 0.251 e. The summed E-state index contributed by atoms with van der Waals surface area (Å²) in [5, 5.41) is 6.79. The Bertz CT molecular complexity index is 588. The quantitative estimate of drug-likeness (QED) is 0.460. The standard InChI is InChI=1S/C22H37F2N5/c1-4-25-22(27-20-11-14-29(15-12-20)17-21(23)24)26-13-10-18(2)28(3)16-19-8-6-5-7-9-19/h5-9,18,20-21H,4,10-17H2,1-3H3,(H2,25,26,27). The van der Waals surface area contributed by atoms with E-state index in [1.807, 2.05) is 11.0 Å². The van der Waals surface area contributed by atoms with E-state index in [1.54, 1.807) is 0 Å². The number of hydrogen-bond acceptors (Lipinski definition) is 3. The van der Waals surface area contributed by atoms with Gasteiger partial charge in [0.25, 0.3) is 6.43 Å². The minimum atomic E-state index is -2.25. The molecule has 2 N–H and O–H groups in total. The minimum Gasteiger partial charge on any atom is -0.357 e. The molecule has 0 aliphatic carbocycles. The first kappa shape index (κ1) is 23.5. The molecular formula is C22H37F2N5. The van der Waals surface area contributed by atoms with Crippen LogP contribution in [0.3, 0.4) is 0 Å². The third-order valence-corrected chi connectivity index (χ3v) is 5.51. The van der Waals surface area contributed by atoms with E-state index in [-0.39, 0.29) is 6.54 Å². The maximum Gasteiger partial charge on any atom is 0.251 e. The molecule has 1 saturated heterocycles. The van der Waals surface area contributed by atoms with E-state index < -0.39 is 6.43 Å². The Kier molecular flexibility index (Phi) is 10.4. The predicted molar refractivity (Wildman–Crippen MR) is 117 cm³/mol. The Morgan fingerprint density at radius 2 is 1.93 bits per heavy atom. The van der Waals surface area contributed by atoms with E-state index in [0.29, 0.717) is 25.2 Å². The van der Waals surface area contributed by atoms with Crippen molar-refractivity contribution in [1.82, 2.24) is 20.4 Å². The minimum absolute atomic E-state index is 0.116. The number of alkyl halides is 2. The van der Waals surface area contributed by atoms with Gasteiger partial charge in [-0.05, 0) is 45.7 Å². The maximum absolute atomic E-state index is 12.5. The fraction of sp³-hybridized carbons (Fsp3) is 0.682. The van der Waals surface area contributed by atoms with Crippen LogP contribution < -0.4 is 10.6 Å². The average Bonchev–Trinajstić information content (AvgIpc) is 2.70. The van der Waals surface area contributed by atoms with Crippen molar-refractivity contribution in [2.24, 2.45) is 4.99 Å². The van der Waals surface area contributed by atoms with Crippen LogP contribution in [0.1, 0.15) is 38.7 Å². The first-order chi connectivity index (χ1) is 14.0. The lowest BCUT2D eigenvalue weighted by atomic mass is 10.1. The van der Waals surface area contributed by atoms with Crippen molar-refractivity contribution >= 4 is 5.96 Å². The summed E-state index contributed by atoms with van der Waals surface area (Å²) >= 11 is 0. The van der Waals surface area contributed by atoms with Gasteiger partial charge in [0.05, 0.1) is 6.54 Å². The summed E-state index contributed by atoms with van der Waals surface area (Å²) in [7, 11) is 2.15. The Balaban J connectivity index is 1.75. The molecule has 164 valence electrons. The highest BCUT2D eigenvalue weighted by Gasteiger charge is 2.22. The second-order valence-electron chi connectivity index (χ2n) is 7.91. The number of halogens is 2. The Morgan fingerprint density at radius 1 is 1.24 bits per heavy atom. The summed E-state index contributed by atoms with van der Waals surface area (Å²) in [6.45, 7) is 8.08. The second kappa shape index (κ2) is 12.8. The van der Waals surface area contributed by atoms with Gasteiger partial charge in [0.1, 0.15) is 0 Å². The van der Waals surface area contributed by atoms with Gasteiger partial charge in [-0.1, -0.05) is 30.3 Å². The van der Waals surface area contributed by atoms with Crippen molar-refractivity contribution in [3.8, 4) is 0 Å². The predicted octanol–water partition coefficient (Wildman–Crippen LogP) is 3.18. The first-order valence-electron chi connectivity index (χ1n) is 10.8. The topological polar surface area (TPSA) is 42.9 Å². The zero-order valence-electron chi connectivity index (χ0n) is 18.1.